The Labute approximate surface area is 114 Å². The number of benzene rings is 1. The molecule has 0 atom stereocenters. The molecular formula is C8H8BrNaO3S. The van der Waals surface area contributed by atoms with Gasteiger partial charge in [-0.05, 0) is 24.1 Å². The molecule has 0 saturated heterocycles. The predicted octanol–water partition coefficient (Wildman–Crippen LogP) is -1.47. The van der Waals surface area contributed by atoms with E-state index in [0.717, 1.165) is 17.3 Å². The molecule has 0 unspecified atom stereocenters. The molecule has 0 amide bonds. The Morgan fingerprint density at radius 2 is 1.71 bits per heavy atom. The van der Waals surface area contributed by atoms with Crippen LogP contribution in [0.3, 0.4) is 0 Å². The minimum atomic E-state index is -4.30. The van der Waals surface area contributed by atoms with E-state index < -0.39 is 10.1 Å². The summed E-state index contributed by atoms with van der Waals surface area (Å²) in [5, 5.41) is 0.816. The average Bonchev–Trinajstić information content (AvgIpc) is 2.04. The Kier molecular flexibility index (Phi) is 6.52. The summed E-state index contributed by atoms with van der Waals surface area (Å²) in [5.74, 6) is 0. The molecule has 0 aliphatic heterocycles. The van der Waals surface area contributed by atoms with Crippen molar-refractivity contribution in [1.82, 2.24) is 0 Å². The van der Waals surface area contributed by atoms with Crippen LogP contribution in [0.1, 0.15) is 5.56 Å². The predicted molar refractivity (Wildman–Crippen MR) is 51.9 cm³/mol. The second kappa shape index (κ2) is 6.25. The standard InChI is InChI=1S/C8H9BrO3S.Na/c9-6-5-7-1-3-8(4-2-7)13(10,11)12;/h1-4H,5-6H2,(H,10,11,12);/q;+1/p-1. The molecule has 0 aliphatic rings. The SMILES string of the molecule is O=S(=O)([O-])c1ccc(CCBr)cc1.[Na+]. The van der Waals surface area contributed by atoms with Crippen molar-refractivity contribution < 1.29 is 42.5 Å². The van der Waals surface area contributed by atoms with Crippen molar-refractivity contribution in [3.63, 3.8) is 0 Å². The van der Waals surface area contributed by atoms with E-state index in [0.29, 0.717) is 0 Å². The van der Waals surface area contributed by atoms with Crippen molar-refractivity contribution in [2.75, 3.05) is 5.33 Å². The van der Waals surface area contributed by atoms with Gasteiger partial charge in [-0.15, -0.1) is 0 Å². The second-order valence-corrected chi connectivity index (χ2v) is 4.71. The van der Waals surface area contributed by atoms with E-state index >= 15 is 0 Å². The maximum absolute atomic E-state index is 10.5. The number of rotatable bonds is 3. The summed E-state index contributed by atoms with van der Waals surface area (Å²) < 4.78 is 31.6. The number of hydrogen-bond acceptors (Lipinski definition) is 3. The summed E-state index contributed by atoms with van der Waals surface area (Å²) in [6, 6.07) is 5.96. The molecule has 1 aromatic rings. The fraction of sp³-hybridized carbons (Fsp3) is 0.250. The Bertz CT molecular complexity index is 374. The van der Waals surface area contributed by atoms with Crippen molar-refractivity contribution in [2.45, 2.75) is 11.3 Å². The molecular weight excluding hydrogens is 279 g/mol. The first kappa shape index (κ1) is 14.6. The Morgan fingerprint density at radius 1 is 1.21 bits per heavy atom. The van der Waals surface area contributed by atoms with Crippen molar-refractivity contribution >= 4 is 26.0 Å². The topological polar surface area (TPSA) is 57.2 Å². The van der Waals surface area contributed by atoms with Crippen molar-refractivity contribution in [2.24, 2.45) is 0 Å². The smallest absolute Gasteiger partial charge is 0.744 e. The Morgan fingerprint density at radius 3 is 2.07 bits per heavy atom. The normalized spacial score (nSPS) is 10.7. The monoisotopic (exact) mass is 286 g/mol. The van der Waals surface area contributed by atoms with E-state index in [1.54, 1.807) is 12.1 Å². The van der Waals surface area contributed by atoms with E-state index in [4.69, 9.17) is 0 Å². The molecule has 72 valence electrons. The van der Waals surface area contributed by atoms with Crippen molar-refractivity contribution in [3.05, 3.63) is 29.8 Å². The summed E-state index contributed by atoms with van der Waals surface area (Å²) in [4.78, 5) is -0.175. The molecule has 0 N–H and O–H groups in total. The van der Waals surface area contributed by atoms with E-state index in [9.17, 15) is 13.0 Å². The molecule has 6 heteroatoms. The van der Waals surface area contributed by atoms with Crippen LogP contribution in [-0.4, -0.2) is 18.3 Å². The third-order valence-electron chi connectivity index (χ3n) is 1.60. The number of aryl methyl sites for hydroxylation is 1. The molecule has 1 rings (SSSR count). The van der Waals surface area contributed by atoms with Gasteiger partial charge in [-0.25, -0.2) is 8.42 Å². The zero-order valence-corrected chi connectivity index (χ0v) is 12.1. The molecule has 0 aliphatic carbocycles. The molecule has 14 heavy (non-hydrogen) atoms. The van der Waals surface area contributed by atoms with Crippen LogP contribution in [-0.2, 0) is 16.5 Å². The van der Waals surface area contributed by atoms with Crippen LogP contribution in [0.25, 0.3) is 0 Å². The van der Waals surface area contributed by atoms with Gasteiger partial charge in [-0.1, -0.05) is 28.1 Å². The van der Waals surface area contributed by atoms with Gasteiger partial charge >= 0.3 is 29.6 Å². The third kappa shape index (κ3) is 4.42. The zero-order valence-electron chi connectivity index (χ0n) is 7.73. The molecule has 1 aromatic carbocycles. The number of alkyl halides is 1. The molecule has 0 radical (unpaired) electrons. The Hall–Kier alpha value is 0.610. The van der Waals surface area contributed by atoms with Crippen molar-refractivity contribution in [3.8, 4) is 0 Å². The molecule has 0 fully saturated rings. The molecule has 3 nitrogen and oxygen atoms in total. The van der Waals surface area contributed by atoms with Gasteiger partial charge in [0.1, 0.15) is 10.1 Å². The molecule has 0 heterocycles. The van der Waals surface area contributed by atoms with E-state index in [1.807, 2.05) is 0 Å². The van der Waals surface area contributed by atoms with Gasteiger partial charge in [-0.2, -0.15) is 0 Å². The zero-order chi connectivity index (χ0) is 9.90. The van der Waals surface area contributed by atoms with Gasteiger partial charge in [0, 0.05) is 5.33 Å². The van der Waals surface area contributed by atoms with Gasteiger partial charge in [0.2, 0.25) is 0 Å². The van der Waals surface area contributed by atoms with Gasteiger partial charge < -0.3 is 4.55 Å². The minimum Gasteiger partial charge on any atom is -0.744 e. The summed E-state index contributed by atoms with van der Waals surface area (Å²) in [7, 11) is -4.30. The van der Waals surface area contributed by atoms with Gasteiger partial charge in [0.05, 0.1) is 4.90 Å². The number of halogens is 1. The van der Waals surface area contributed by atoms with Gasteiger partial charge in [0.15, 0.2) is 0 Å². The fourth-order valence-corrected chi connectivity index (χ4v) is 1.86. The van der Waals surface area contributed by atoms with E-state index in [-0.39, 0.29) is 34.5 Å². The summed E-state index contributed by atoms with van der Waals surface area (Å²) in [5.41, 5.74) is 1.00. The first-order chi connectivity index (χ1) is 6.04. The van der Waals surface area contributed by atoms with Crippen LogP contribution in [0.2, 0.25) is 0 Å². The summed E-state index contributed by atoms with van der Waals surface area (Å²) in [6.45, 7) is 0. The third-order valence-corrected chi connectivity index (χ3v) is 2.84. The largest absolute Gasteiger partial charge is 1.00 e. The Balaban J connectivity index is 0.00000169. The minimum absolute atomic E-state index is 0. The van der Waals surface area contributed by atoms with Crippen LogP contribution in [0.15, 0.2) is 29.2 Å². The van der Waals surface area contributed by atoms with Crippen LogP contribution in [0.5, 0.6) is 0 Å². The van der Waals surface area contributed by atoms with E-state index in [1.165, 1.54) is 12.1 Å². The summed E-state index contributed by atoms with van der Waals surface area (Å²) in [6.07, 6.45) is 0.819. The van der Waals surface area contributed by atoms with Crippen LogP contribution >= 0.6 is 15.9 Å². The first-order valence-corrected chi connectivity index (χ1v) is 6.18. The second-order valence-electron chi connectivity index (χ2n) is 2.54. The van der Waals surface area contributed by atoms with Crippen molar-refractivity contribution in [1.29, 1.82) is 0 Å². The maximum Gasteiger partial charge on any atom is 1.00 e. The average molecular weight is 287 g/mol. The van der Waals surface area contributed by atoms with Crippen LogP contribution in [0.4, 0.5) is 0 Å². The fourth-order valence-electron chi connectivity index (χ4n) is 0.932. The molecule has 0 aromatic heterocycles. The van der Waals surface area contributed by atoms with E-state index in [2.05, 4.69) is 15.9 Å². The van der Waals surface area contributed by atoms with Crippen LogP contribution < -0.4 is 29.6 Å². The first-order valence-electron chi connectivity index (χ1n) is 3.65. The molecule has 0 bridgehead atoms. The number of hydrogen-bond donors (Lipinski definition) is 0. The summed E-state index contributed by atoms with van der Waals surface area (Å²) >= 11 is 3.26. The van der Waals surface area contributed by atoms with Gasteiger partial charge in [-0.3, -0.25) is 0 Å². The maximum atomic E-state index is 10.5. The van der Waals surface area contributed by atoms with Crippen LogP contribution in [0, 0.1) is 0 Å². The molecule has 0 spiro atoms. The quantitative estimate of drug-likeness (QED) is 0.387. The van der Waals surface area contributed by atoms with Gasteiger partial charge in [0.25, 0.3) is 0 Å². The molecule has 0 saturated carbocycles.